The van der Waals surface area contributed by atoms with Crippen molar-refractivity contribution in [1.29, 1.82) is 0 Å². The van der Waals surface area contributed by atoms with Crippen molar-refractivity contribution in [2.75, 3.05) is 19.6 Å². The number of piperidine rings is 1. The third kappa shape index (κ3) is 6.32. The number of hydrogen-bond donors (Lipinski definition) is 1. The summed E-state index contributed by atoms with van der Waals surface area (Å²) in [6.07, 6.45) is 11.7. The smallest absolute Gasteiger partial charge is 0.251 e. The van der Waals surface area contributed by atoms with Crippen LogP contribution in [0.1, 0.15) is 75.1 Å². The average molecular weight is 435 g/mol. The lowest BCUT2D eigenvalue weighted by Crippen LogP contribution is -2.48. The molecule has 1 saturated carbocycles. The first-order valence-electron chi connectivity index (χ1n) is 10.9. The van der Waals surface area contributed by atoms with Gasteiger partial charge >= 0.3 is 0 Å². The quantitative estimate of drug-likeness (QED) is 0.601. The van der Waals surface area contributed by atoms with Crippen LogP contribution in [0.25, 0.3) is 0 Å². The number of amides is 1. The molecule has 1 aliphatic carbocycles. The molecule has 1 heterocycles. The van der Waals surface area contributed by atoms with Gasteiger partial charge < -0.3 is 10.2 Å². The largest absolute Gasteiger partial charge is 0.349 e. The van der Waals surface area contributed by atoms with E-state index >= 15 is 0 Å². The molecule has 0 spiro atoms. The summed E-state index contributed by atoms with van der Waals surface area (Å²) in [5, 5.41) is 3.36. The van der Waals surface area contributed by atoms with Crippen LogP contribution >= 0.6 is 15.9 Å². The molecule has 0 radical (unpaired) electrons. The van der Waals surface area contributed by atoms with E-state index in [1.165, 1.54) is 64.5 Å². The lowest BCUT2D eigenvalue weighted by atomic mass is 9.83. The summed E-state index contributed by atoms with van der Waals surface area (Å²) in [5.41, 5.74) is 0.764. The maximum absolute atomic E-state index is 12.7. The standard InChI is InChI=1S/C23H35BrN2O/c1-2-3-7-18-8-6-15-26(16-18)17-20-9-4-5-10-22(20)25-23(27)19-11-13-21(24)14-12-19/h11-14,18,20,22H,2-10,15-17H2,1H3,(H,25,27). The minimum absolute atomic E-state index is 0.0823. The van der Waals surface area contributed by atoms with E-state index in [2.05, 4.69) is 33.1 Å². The lowest BCUT2D eigenvalue weighted by molar-refractivity contribution is 0.0853. The molecule has 3 rings (SSSR count). The second-order valence-corrected chi connectivity index (χ2v) is 9.46. The highest BCUT2D eigenvalue weighted by atomic mass is 79.9. The van der Waals surface area contributed by atoms with Crippen LogP contribution in [-0.2, 0) is 0 Å². The van der Waals surface area contributed by atoms with Gasteiger partial charge in [-0.1, -0.05) is 48.5 Å². The first kappa shape index (κ1) is 20.9. The number of nitrogens with one attached hydrogen (secondary N) is 1. The maximum atomic E-state index is 12.7. The van der Waals surface area contributed by atoms with Crippen molar-refractivity contribution >= 4 is 21.8 Å². The van der Waals surface area contributed by atoms with Gasteiger partial charge in [0, 0.05) is 29.2 Å². The topological polar surface area (TPSA) is 32.3 Å². The fourth-order valence-electron chi connectivity index (χ4n) is 4.85. The number of carbonyl (C=O) groups is 1. The molecule has 0 bridgehead atoms. The minimum Gasteiger partial charge on any atom is -0.349 e. The summed E-state index contributed by atoms with van der Waals surface area (Å²) in [6.45, 7) is 5.96. The van der Waals surface area contributed by atoms with Gasteiger partial charge in [-0.05, 0) is 74.8 Å². The van der Waals surface area contributed by atoms with E-state index in [9.17, 15) is 4.79 Å². The summed E-state index contributed by atoms with van der Waals surface area (Å²) >= 11 is 3.44. The molecule has 1 aromatic rings. The highest BCUT2D eigenvalue weighted by molar-refractivity contribution is 9.10. The Morgan fingerprint density at radius 2 is 1.93 bits per heavy atom. The van der Waals surface area contributed by atoms with Crippen molar-refractivity contribution in [3.63, 3.8) is 0 Å². The zero-order valence-corrected chi connectivity index (χ0v) is 18.3. The Balaban J connectivity index is 1.55. The van der Waals surface area contributed by atoms with Crippen LogP contribution in [0.2, 0.25) is 0 Å². The fourth-order valence-corrected chi connectivity index (χ4v) is 5.11. The summed E-state index contributed by atoms with van der Waals surface area (Å²) in [5.74, 6) is 1.57. The van der Waals surface area contributed by atoms with Crippen LogP contribution in [0.3, 0.4) is 0 Å². The number of nitrogens with zero attached hydrogens (tertiary/aromatic N) is 1. The van der Waals surface area contributed by atoms with Crippen molar-refractivity contribution in [2.45, 2.75) is 70.8 Å². The fraction of sp³-hybridized carbons (Fsp3) is 0.696. The van der Waals surface area contributed by atoms with Crippen LogP contribution in [0.5, 0.6) is 0 Å². The Kier molecular flexibility index (Phi) is 8.20. The van der Waals surface area contributed by atoms with Crippen LogP contribution < -0.4 is 5.32 Å². The van der Waals surface area contributed by atoms with Crippen LogP contribution in [0.4, 0.5) is 0 Å². The van der Waals surface area contributed by atoms with Crippen molar-refractivity contribution in [3.05, 3.63) is 34.3 Å². The molecule has 1 saturated heterocycles. The molecule has 0 aromatic heterocycles. The molecular formula is C23H35BrN2O. The molecule has 1 amide bonds. The van der Waals surface area contributed by atoms with Crippen LogP contribution in [0.15, 0.2) is 28.7 Å². The second kappa shape index (κ2) is 10.6. The van der Waals surface area contributed by atoms with E-state index in [-0.39, 0.29) is 5.91 Å². The van der Waals surface area contributed by atoms with Gasteiger partial charge in [-0.2, -0.15) is 0 Å². The number of unbranched alkanes of at least 4 members (excludes halogenated alkanes) is 1. The molecule has 2 fully saturated rings. The Labute approximate surface area is 173 Å². The third-order valence-electron chi connectivity index (χ3n) is 6.39. The molecule has 27 heavy (non-hydrogen) atoms. The second-order valence-electron chi connectivity index (χ2n) is 8.54. The highest BCUT2D eigenvalue weighted by Crippen LogP contribution is 2.28. The van der Waals surface area contributed by atoms with E-state index < -0.39 is 0 Å². The summed E-state index contributed by atoms with van der Waals surface area (Å²) in [7, 11) is 0. The number of hydrogen-bond acceptors (Lipinski definition) is 2. The van der Waals surface area contributed by atoms with Gasteiger partial charge in [0.2, 0.25) is 0 Å². The van der Waals surface area contributed by atoms with Gasteiger partial charge in [-0.15, -0.1) is 0 Å². The Morgan fingerprint density at radius 1 is 1.15 bits per heavy atom. The molecule has 2 aliphatic rings. The third-order valence-corrected chi connectivity index (χ3v) is 6.92. The predicted molar refractivity (Wildman–Crippen MR) is 116 cm³/mol. The van der Waals surface area contributed by atoms with Crippen LogP contribution in [0, 0.1) is 11.8 Å². The molecule has 1 aliphatic heterocycles. The van der Waals surface area contributed by atoms with E-state index in [0.717, 1.165) is 28.9 Å². The predicted octanol–water partition coefficient (Wildman–Crippen LogP) is 5.64. The van der Waals surface area contributed by atoms with Crippen molar-refractivity contribution in [3.8, 4) is 0 Å². The van der Waals surface area contributed by atoms with E-state index in [0.29, 0.717) is 12.0 Å². The molecule has 1 N–H and O–H groups in total. The molecule has 3 nitrogen and oxygen atoms in total. The van der Waals surface area contributed by atoms with Gasteiger partial charge in [0.15, 0.2) is 0 Å². The van der Waals surface area contributed by atoms with E-state index in [4.69, 9.17) is 0 Å². The Hall–Kier alpha value is -0.870. The highest BCUT2D eigenvalue weighted by Gasteiger charge is 2.30. The first-order valence-corrected chi connectivity index (χ1v) is 11.7. The minimum atomic E-state index is 0.0823. The van der Waals surface area contributed by atoms with Crippen LogP contribution in [-0.4, -0.2) is 36.5 Å². The molecule has 3 unspecified atom stereocenters. The molecular weight excluding hydrogens is 400 g/mol. The Morgan fingerprint density at radius 3 is 2.70 bits per heavy atom. The monoisotopic (exact) mass is 434 g/mol. The van der Waals surface area contributed by atoms with E-state index in [1.54, 1.807) is 0 Å². The van der Waals surface area contributed by atoms with Gasteiger partial charge in [0.25, 0.3) is 5.91 Å². The Bertz CT molecular complexity index is 589. The number of carbonyl (C=O) groups excluding carboxylic acids is 1. The number of benzene rings is 1. The van der Waals surface area contributed by atoms with E-state index in [1.807, 2.05) is 24.3 Å². The number of likely N-dealkylation sites (tertiary alicyclic amines) is 1. The number of halogens is 1. The van der Waals surface area contributed by atoms with Crippen molar-refractivity contribution in [2.24, 2.45) is 11.8 Å². The molecule has 1 aromatic carbocycles. The molecule has 4 heteroatoms. The maximum Gasteiger partial charge on any atom is 0.251 e. The lowest BCUT2D eigenvalue weighted by Gasteiger charge is -2.39. The summed E-state index contributed by atoms with van der Waals surface area (Å²) < 4.78 is 1.01. The van der Waals surface area contributed by atoms with Gasteiger partial charge in [0.05, 0.1) is 0 Å². The zero-order chi connectivity index (χ0) is 19.1. The van der Waals surface area contributed by atoms with Gasteiger partial charge in [0.1, 0.15) is 0 Å². The first-order chi connectivity index (χ1) is 13.2. The normalized spacial score (nSPS) is 26.7. The SMILES string of the molecule is CCCCC1CCCN(CC2CCCCC2NC(=O)c2ccc(Br)cc2)C1. The van der Waals surface area contributed by atoms with Gasteiger partial charge in [-0.25, -0.2) is 0 Å². The summed E-state index contributed by atoms with van der Waals surface area (Å²) in [4.78, 5) is 15.4. The summed E-state index contributed by atoms with van der Waals surface area (Å²) in [6, 6.07) is 8.01. The van der Waals surface area contributed by atoms with Crippen molar-refractivity contribution in [1.82, 2.24) is 10.2 Å². The average Bonchev–Trinajstić information content (AvgIpc) is 2.68. The molecule has 3 atom stereocenters. The van der Waals surface area contributed by atoms with Crippen molar-refractivity contribution < 1.29 is 4.79 Å². The number of rotatable bonds is 7. The zero-order valence-electron chi connectivity index (χ0n) is 16.8. The van der Waals surface area contributed by atoms with Gasteiger partial charge in [-0.3, -0.25) is 4.79 Å². The molecule has 150 valence electrons.